The van der Waals surface area contributed by atoms with Gasteiger partial charge in [-0.2, -0.15) is 0 Å². The van der Waals surface area contributed by atoms with Gasteiger partial charge in [0, 0.05) is 50.1 Å². The van der Waals surface area contributed by atoms with Crippen LogP contribution in [-0.4, -0.2) is 6.04 Å². The molecule has 394 valence electrons. The Bertz CT molecular complexity index is 4270. The van der Waals surface area contributed by atoms with Crippen LogP contribution in [0.5, 0.6) is 0 Å². The average Bonchev–Trinajstić information content (AvgIpc) is 2.80. The minimum Gasteiger partial charge on any atom is -0.334 e. The first-order chi connectivity index (χ1) is 39.2. The molecule has 0 amide bonds. The Kier molecular flexibility index (Phi) is 10.8. The molecule has 10 aromatic carbocycles. The molecular formula is C78H67N3. The first kappa shape index (κ1) is 49.1. The van der Waals surface area contributed by atoms with E-state index < -0.39 is 0 Å². The van der Waals surface area contributed by atoms with Crippen LogP contribution in [0.2, 0.25) is 0 Å². The summed E-state index contributed by atoms with van der Waals surface area (Å²) in [6.45, 7) is 19.2. The maximum Gasteiger partial charge on any atom is 0.0560 e. The molecule has 81 heavy (non-hydrogen) atoms. The molecule has 0 N–H and O–H groups in total. The zero-order valence-corrected chi connectivity index (χ0v) is 47.7. The van der Waals surface area contributed by atoms with E-state index >= 15 is 0 Å². The van der Waals surface area contributed by atoms with Gasteiger partial charge >= 0.3 is 0 Å². The van der Waals surface area contributed by atoms with Crippen molar-refractivity contribution >= 4 is 51.1 Å². The first-order valence-corrected chi connectivity index (χ1v) is 29.1. The lowest BCUT2D eigenvalue weighted by molar-refractivity contribution is 0.597. The highest BCUT2D eigenvalue weighted by Gasteiger charge is 2.46. The van der Waals surface area contributed by atoms with Crippen molar-refractivity contribution in [3.8, 4) is 33.4 Å². The Balaban J connectivity index is 0.789. The zero-order chi connectivity index (χ0) is 55.2. The van der Waals surface area contributed by atoms with Gasteiger partial charge in [-0.1, -0.05) is 207 Å². The van der Waals surface area contributed by atoms with E-state index in [0.717, 1.165) is 23.5 Å². The summed E-state index contributed by atoms with van der Waals surface area (Å²) in [5, 5.41) is 0. The van der Waals surface area contributed by atoms with Crippen LogP contribution in [0.1, 0.15) is 112 Å². The summed E-state index contributed by atoms with van der Waals surface area (Å²) >= 11 is 0. The monoisotopic (exact) mass is 1050 g/mol. The molecular weight excluding hydrogens is 979 g/mol. The molecule has 0 spiro atoms. The van der Waals surface area contributed by atoms with E-state index in [0.29, 0.717) is 0 Å². The summed E-state index contributed by atoms with van der Waals surface area (Å²) in [5.41, 5.74) is 30.2. The lowest BCUT2D eigenvalue weighted by Crippen LogP contribution is -2.38. The maximum absolute atomic E-state index is 2.59. The largest absolute Gasteiger partial charge is 0.334 e. The lowest BCUT2D eigenvalue weighted by Gasteiger charge is -2.50. The van der Waals surface area contributed by atoms with Crippen LogP contribution in [0.15, 0.2) is 243 Å². The first-order valence-electron chi connectivity index (χ1n) is 29.1. The number of hydrogen-bond acceptors (Lipinski definition) is 3. The van der Waals surface area contributed by atoms with Crippen LogP contribution in [0.4, 0.5) is 45.5 Å². The Morgan fingerprint density at radius 1 is 0.346 bits per heavy atom. The molecule has 2 heterocycles. The van der Waals surface area contributed by atoms with E-state index in [-0.39, 0.29) is 27.7 Å². The second-order valence-corrected chi connectivity index (χ2v) is 25.3. The van der Waals surface area contributed by atoms with Crippen LogP contribution in [-0.2, 0) is 21.7 Å². The SMILES string of the molecule is CC1(C)c2ccccc2-c2ccc(N(c3ccccc3)c3ccc(-c4cc5c6c(c4)C(C)(C)c4cc(C7=CCC(N(c8ccccc8)c8ccc9c(c8)C(C)(C)c8ccccc8-9)C=C7)ccc4N6c4ccccc4C5(C)C)cc3)cc21. The van der Waals surface area contributed by atoms with Crippen molar-refractivity contribution in [2.45, 2.75) is 89.5 Å². The van der Waals surface area contributed by atoms with Gasteiger partial charge < -0.3 is 14.7 Å². The van der Waals surface area contributed by atoms with Crippen molar-refractivity contribution in [2.24, 2.45) is 0 Å². The van der Waals surface area contributed by atoms with Crippen LogP contribution in [0.25, 0.3) is 39.0 Å². The van der Waals surface area contributed by atoms with Crippen LogP contribution in [0.3, 0.4) is 0 Å². The third-order valence-corrected chi connectivity index (χ3v) is 19.3. The number of hydrogen-bond donors (Lipinski definition) is 0. The van der Waals surface area contributed by atoms with Gasteiger partial charge in [0.1, 0.15) is 0 Å². The van der Waals surface area contributed by atoms with E-state index in [9.17, 15) is 0 Å². The summed E-state index contributed by atoms with van der Waals surface area (Å²) in [6.07, 6.45) is 8.17. The van der Waals surface area contributed by atoms with Crippen molar-refractivity contribution in [1.29, 1.82) is 0 Å². The minimum absolute atomic E-state index is 0.0800. The molecule has 2 aliphatic heterocycles. The summed E-state index contributed by atoms with van der Waals surface area (Å²) < 4.78 is 0. The summed E-state index contributed by atoms with van der Waals surface area (Å²) in [7, 11) is 0. The van der Waals surface area contributed by atoms with Gasteiger partial charge in [-0.15, -0.1) is 0 Å². The Hall–Kier alpha value is -8.92. The Morgan fingerprint density at radius 2 is 0.802 bits per heavy atom. The molecule has 0 fully saturated rings. The van der Waals surface area contributed by atoms with E-state index in [1.54, 1.807) is 0 Å². The number of para-hydroxylation sites is 3. The minimum atomic E-state index is -0.318. The fourth-order valence-electron chi connectivity index (χ4n) is 14.9. The van der Waals surface area contributed by atoms with Crippen molar-refractivity contribution in [2.75, 3.05) is 14.7 Å². The molecule has 1 atom stereocenters. The van der Waals surface area contributed by atoms with E-state index in [1.165, 1.54) is 117 Å². The Morgan fingerprint density at radius 3 is 1.42 bits per heavy atom. The molecule has 0 bridgehead atoms. The van der Waals surface area contributed by atoms with E-state index in [4.69, 9.17) is 0 Å². The molecule has 5 aliphatic rings. The smallest absolute Gasteiger partial charge is 0.0560 e. The average molecular weight is 1050 g/mol. The van der Waals surface area contributed by atoms with Crippen molar-refractivity contribution in [3.63, 3.8) is 0 Å². The van der Waals surface area contributed by atoms with E-state index in [1.807, 2.05) is 0 Å². The number of fused-ring (bicyclic) bond motifs is 10. The van der Waals surface area contributed by atoms with Crippen LogP contribution < -0.4 is 14.7 Å². The highest BCUT2D eigenvalue weighted by molar-refractivity contribution is 5.96. The molecule has 0 radical (unpaired) electrons. The van der Waals surface area contributed by atoms with Gasteiger partial charge in [0.2, 0.25) is 0 Å². The fourth-order valence-corrected chi connectivity index (χ4v) is 14.9. The van der Waals surface area contributed by atoms with Gasteiger partial charge in [0.25, 0.3) is 0 Å². The Labute approximate surface area is 478 Å². The van der Waals surface area contributed by atoms with Crippen LogP contribution >= 0.6 is 0 Å². The number of anilines is 8. The van der Waals surface area contributed by atoms with Gasteiger partial charge in [0.15, 0.2) is 0 Å². The lowest BCUT2D eigenvalue weighted by atomic mass is 9.65. The highest BCUT2D eigenvalue weighted by atomic mass is 15.2. The predicted octanol–water partition coefficient (Wildman–Crippen LogP) is 20.7. The number of benzene rings is 10. The van der Waals surface area contributed by atoms with Crippen molar-refractivity contribution < 1.29 is 0 Å². The molecule has 3 nitrogen and oxygen atoms in total. The maximum atomic E-state index is 2.59. The predicted molar refractivity (Wildman–Crippen MR) is 341 cm³/mol. The van der Waals surface area contributed by atoms with Crippen molar-refractivity contribution in [1.82, 2.24) is 0 Å². The standard InChI is InChI=1S/C78H67N3/c1-75(2)64-27-17-15-25-60(64)62-42-40-58(48-67(62)75)79(54-21-11-9-12-22-54)56-36-31-50(32-37-56)52-35-44-73-69(45-52)78(7,8)71-47-53(46-70-74(71)81(73)72-30-20-19-29-66(72)77(70,5)6)51-33-38-57(39-34-51)80(55-23-13-10-14-24-55)59-41-43-63-61-26-16-18-28-65(61)76(3,4)68(63)49-59/h9-36,38-49,56H,37H2,1-8H3. The normalized spacial score (nSPS) is 17.4. The second kappa shape index (κ2) is 17.8. The topological polar surface area (TPSA) is 9.72 Å². The molecule has 3 heteroatoms. The number of nitrogens with zero attached hydrogens (tertiary/aromatic N) is 3. The van der Waals surface area contributed by atoms with Crippen LogP contribution in [0, 0.1) is 0 Å². The third kappa shape index (κ3) is 7.33. The number of allylic oxidation sites excluding steroid dienone is 2. The summed E-state index contributed by atoms with van der Waals surface area (Å²) in [6, 6.07) is 84.7. The zero-order valence-electron chi connectivity index (χ0n) is 47.7. The quantitative estimate of drug-likeness (QED) is 0.150. The van der Waals surface area contributed by atoms with Gasteiger partial charge in [-0.05, 0) is 186 Å². The van der Waals surface area contributed by atoms with Gasteiger partial charge in [-0.3, -0.25) is 0 Å². The molecule has 3 aliphatic carbocycles. The molecule has 0 saturated heterocycles. The second-order valence-electron chi connectivity index (χ2n) is 25.3. The van der Waals surface area contributed by atoms with Crippen molar-refractivity contribution in [3.05, 3.63) is 293 Å². The molecule has 15 rings (SSSR count). The number of rotatable bonds is 8. The summed E-state index contributed by atoms with van der Waals surface area (Å²) in [5.74, 6) is 0. The summed E-state index contributed by atoms with van der Waals surface area (Å²) in [4.78, 5) is 7.55. The highest BCUT2D eigenvalue weighted by Crippen LogP contribution is 2.61. The fraction of sp³-hybridized carbons (Fsp3) is 0.179. The molecule has 1 unspecified atom stereocenters. The molecule has 10 aromatic rings. The van der Waals surface area contributed by atoms with E-state index in [2.05, 4.69) is 313 Å². The van der Waals surface area contributed by atoms with Gasteiger partial charge in [0.05, 0.1) is 23.1 Å². The van der Waals surface area contributed by atoms with Gasteiger partial charge in [-0.25, -0.2) is 0 Å². The third-order valence-electron chi connectivity index (χ3n) is 19.3. The molecule has 0 aromatic heterocycles. The molecule has 0 saturated carbocycles.